The first-order chi connectivity index (χ1) is 9.93. The Morgan fingerprint density at radius 1 is 1.43 bits per heavy atom. The van der Waals surface area contributed by atoms with Gasteiger partial charge in [-0.25, -0.2) is 0 Å². The number of hydrogen-bond acceptors (Lipinski definition) is 2. The van der Waals surface area contributed by atoms with Gasteiger partial charge >= 0.3 is 5.97 Å². The molecule has 1 heterocycles. The summed E-state index contributed by atoms with van der Waals surface area (Å²) in [5, 5.41) is 12.2. The van der Waals surface area contributed by atoms with E-state index in [4.69, 9.17) is 0 Å². The maximum absolute atomic E-state index is 12.4. The normalized spacial score (nSPS) is 15.0. The lowest BCUT2D eigenvalue weighted by Crippen LogP contribution is -2.42. The van der Waals surface area contributed by atoms with Crippen molar-refractivity contribution in [3.8, 4) is 0 Å². The number of nitrogens with one attached hydrogen (secondary N) is 1. The summed E-state index contributed by atoms with van der Waals surface area (Å²) in [6.07, 6.45) is 5.07. The molecule has 1 amide bonds. The van der Waals surface area contributed by atoms with E-state index in [0.717, 1.165) is 17.3 Å². The average Bonchev–Trinajstić information content (AvgIpc) is 3.22. The van der Waals surface area contributed by atoms with Crippen LogP contribution in [0.25, 0.3) is 0 Å². The number of carbonyl (C=O) groups is 2. The first kappa shape index (κ1) is 16.1. The van der Waals surface area contributed by atoms with Crippen molar-refractivity contribution < 1.29 is 14.7 Å². The number of rotatable bonds is 7. The van der Waals surface area contributed by atoms with E-state index in [9.17, 15) is 14.7 Å². The van der Waals surface area contributed by atoms with Crippen molar-refractivity contribution in [3.63, 3.8) is 0 Å². The van der Waals surface area contributed by atoms with E-state index >= 15 is 0 Å². The number of carboxylic acid groups (broad SMARTS) is 1. The minimum Gasteiger partial charge on any atom is -0.481 e. The molecule has 0 saturated heterocycles. The van der Waals surface area contributed by atoms with Crippen molar-refractivity contribution >= 4 is 27.8 Å². The van der Waals surface area contributed by atoms with Crippen molar-refractivity contribution in [2.75, 3.05) is 6.54 Å². The first-order valence-corrected chi connectivity index (χ1v) is 8.11. The van der Waals surface area contributed by atoms with E-state index < -0.39 is 11.4 Å². The number of aliphatic carboxylic acids is 1. The quantitative estimate of drug-likeness (QED) is 0.787. The summed E-state index contributed by atoms with van der Waals surface area (Å²) in [6.45, 7) is 3.84. The molecule has 1 aromatic heterocycles. The number of nitrogens with zero attached hydrogens (tertiary/aromatic N) is 1. The van der Waals surface area contributed by atoms with Gasteiger partial charge in [0.15, 0.2) is 0 Å². The summed E-state index contributed by atoms with van der Waals surface area (Å²) in [6, 6.07) is 2.19. The van der Waals surface area contributed by atoms with E-state index in [1.54, 1.807) is 6.07 Å². The third-order valence-electron chi connectivity index (χ3n) is 4.38. The number of carboxylic acids is 1. The fourth-order valence-corrected chi connectivity index (χ4v) is 2.94. The zero-order valence-electron chi connectivity index (χ0n) is 12.4. The smallest absolute Gasteiger partial charge is 0.311 e. The largest absolute Gasteiger partial charge is 0.481 e. The van der Waals surface area contributed by atoms with E-state index in [1.807, 2.05) is 24.6 Å². The van der Waals surface area contributed by atoms with Gasteiger partial charge in [-0.3, -0.25) is 9.59 Å². The van der Waals surface area contributed by atoms with Crippen LogP contribution < -0.4 is 5.32 Å². The molecule has 21 heavy (non-hydrogen) atoms. The Morgan fingerprint density at radius 3 is 2.52 bits per heavy atom. The van der Waals surface area contributed by atoms with E-state index in [2.05, 4.69) is 21.2 Å². The summed E-state index contributed by atoms with van der Waals surface area (Å²) in [5.74, 6) is -1.06. The van der Waals surface area contributed by atoms with Crippen LogP contribution in [0.2, 0.25) is 0 Å². The third kappa shape index (κ3) is 3.31. The molecule has 1 aliphatic carbocycles. The highest BCUT2D eigenvalue weighted by Crippen LogP contribution is 2.37. The highest BCUT2D eigenvalue weighted by atomic mass is 79.9. The number of carbonyl (C=O) groups excluding carboxylic acids is 1. The minimum atomic E-state index is -0.885. The van der Waals surface area contributed by atoms with Gasteiger partial charge in [0.25, 0.3) is 5.91 Å². The van der Waals surface area contributed by atoms with Gasteiger partial charge in [-0.2, -0.15) is 0 Å². The number of hydrogen-bond donors (Lipinski definition) is 2. The van der Waals surface area contributed by atoms with E-state index in [-0.39, 0.29) is 12.5 Å². The van der Waals surface area contributed by atoms with Gasteiger partial charge in [0.2, 0.25) is 0 Å². The summed E-state index contributed by atoms with van der Waals surface area (Å²) in [4.78, 5) is 23.8. The molecule has 5 nitrogen and oxygen atoms in total. The maximum atomic E-state index is 12.4. The molecular formula is C15H21BrN2O3. The Bertz CT molecular complexity index is 545. The lowest BCUT2D eigenvalue weighted by atomic mass is 9.82. The van der Waals surface area contributed by atoms with Gasteiger partial charge in [-0.1, -0.05) is 13.8 Å². The van der Waals surface area contributed by atoms with Crippen molar-refractivity contribution in [1.82, 2.24) is 9.88 Å². The van der Waals surface area contributed by atoms with Crippen LogP contribution in [0.3, 0.4) is 0 Å². The van der Waals surface area contributed by atoms with Gasteiger partial charge in [0.1, 0.15) is 5.69 Å². The minimum absolute atomic E-state index is 0.154. The van der Waals surface area contributed by atoms with Crippen LogP contribution in [0.15, 0.2) is 16.7 Å². The SMILES string of the molecule is CCC(CC)(CNC(=O)c1cc(Br)cn1C1CC1)C(=O)O. The molecule has 1 fully saturated rings. The van der Waals surface area contributed by atoms with Crippen LogP contribution in [0.4, 0.5) is 0 Å². The fourth-order valence-electron chi connectivity index (χ4n) is 2.50. The third-order valence-corrected chi connectivity index (χ3v) is 4.82. The van der Waals surface area contributed by atoms with Crippen LogP contribution in [0, 0.1) is 5.41 Å². The van der Waals surface area contributed by atoms with Crippen LogP contribution in [-0.4, -0.2) is 28.1 Å². The van der Waals surface area contributed by atoms with Crippen LogP contribution in [0.5, 0.6) is 0 Å². The zero-order valence-corrected chi connectivity index (χ0v) is 13.9. The molecule has 6 heteroatoms. The number of aromatic nitrogens is 1. The summed E-state index contributed by atoms with van der Waals surface area (Å²) >= 11 is 3.39. The second kappa shape index (κ2) is 6.22. The molecule has 0 atom stereocenters. The first-order valence-electron chi connectivity index (χ1n) is 7.32. The molecule has 1 aromatic rings. The van der Waals surface area contributed by atoms with Gasteiger partial charge < -0.3 is 15.0 Å². The van der Waals surface area contributed by atoms with Crippen molar-refractivity contribution in [1.29, 1.82) is 0 Å². The molecule has 0 spiro atoms. The number of halogens is 1. The van der Waals surface area contributed by atoms with E-state index in [1.165, 1.54) is 0 Å². The van der Waals surface area contributed by atoms with Crippen LogP contribution in [-0.2, 0) is 4.79 Å². The molecule has 1 saturated carbocycles. The van der Waals surface area contributed by atoms with Crippen molar-refractivity contribution in [2.45, 2.75) is 45.6 Å². The predicted molar refractivity (Wildman–Crippen MR) is 83.4 cm³/mol. The van der Waals surface area contributed by atoms with Gasteiger partial charge in [-0.05, 0) is 47.7 Å². The van der Waals surface area contributed by atoms with Crippen LogP contribution >= 0.6 is 15.9 Å². The maximum Gasteiger partial charge on any atom is 0.311 e. The lowest BCUT2D eigenvalue weighted by molar-refractivity contribution is -0.149. The Balaban J connectivity index is 2.09. The van der Waals surface area contributed by atoms with Gasteiger partial charge in [-0.15, -0.1) is 0 Å². The van der Waals surface area contributed by atoms with Gasteiger partial charge in [0, 0.05) is 23.3 Å². The molecule has 0 radical (unpaired) electrons. The summed E-state index contributed by atoms with van der Waals surface area (Å²) in [7, 11) is 0. The molecule has 1 aliphatic rings. The van der Waals surface area contributed by atoms with Gasteiger partial charge in [0.05, 0.1) is 5.41 Å². The van der Waals surface area contributed by atoms with Crippen LogP contribution in [0.1, 0.15) is 56.1 Å². The second-order valence-corrected chi connectivity index (χ2v) is 6.57. The fraction of sp³-hybridized carbons (Fsp3) is 0.600. The molecule has 0 aromatic carbocycles. The molecule has 0 aliphatic heterocycles. The molecular weight excluding hydrogens is 336 g/mol. The van der Waals surface area contributed by atoms with Crippen molar-refractivity contribution in [3.05, 3.63) is 22.4 Å². The molecule has 116 valence electrons. The molecule has 0 unspecified atom stereocenters. The summed E-state index contributed by atoms with van der Waals surface area (Å²) < 4.78 is 2.84. The Kier molecular flexibility index (Phi) is 4.76. The molecule has 0 bridgehead atoms. The van der Waals surface area contributed by atoms with Crippen molar-refractivity contribution in [2.24, 2.45) is 5.41 Å². The Hall–Kier alpha value is -1.30. The average molecular weight is 357 g/mol. The summed E-state index contributed by atoms with van der Waals surface area (Å²) in [5.41, 5.74) is -0.292. The Labute approximate surface area is 132 Å². The molecule has 2 N–H and O–H groups in total. The highest BCUT2D eigenvalue weighted by Gasteiger charge is 2.36. The standard InChI is InChI=1S/C15H21BrN2O3/c1-3-15(4-2,14(20)21)9-17-13(19)12-7-10(16)8-18(12)11-5-6-11/h7-8,11H,3-6,9H2,1-2H3,(H,17,19)(H,20,21). The molecule has 2 rings (SSSR count). The second-order valence-electron chi connectivity index (χ2n) is 5.66. The lowest BCUT2D eigenvalue weighted by Gasteiger charge is -2.26. The predicted octanol–water partition coefficient (Wildman–Crippen LogP) is 3.21. The van der Waals surface area contributed by atoms with E-state index in [0.29, 0.717) is 24.6 Å². The number of amides is 1. The zero-order chi connectivity index (χ0) is 15.6. The Morgan fingerprint density at radius 2 is 2.05 bits per heavy atom. The monoisotopic (exact) mass is 356 g/mol. The highest BCUT2D eigenvalue weighted by molar-refractivity contribution is 9.10. The topological polar surface area (TPSA) is 71.3 Å².